The molecule has 2 heterocycles. The zero-order chi connectivity index (χ0) is 21.5. The number of nitrogens with zero attached hydrogens (tertiary/aromatic N) is 2. The van der Waals surface area contributed by atoms with Gasteiger partial charge in [0.1, 0.15) is 12.3 Å². The molecule has 1 aromatic heterocycles. The van der Waals surface area contributed by atoms with Crippen molar-refractivity contribution in [3.8, 4) is 40.8 Å². The molecule has 30 heavy (non-hydrogen) atoms. The highest BCUT2D eigenvalue weighted by atomic mass is 16.5. The van der Waals surface area contributed by atoms with Gasteiger partial charge in [-0.25, -0.2) is 0 Å². The first-order valence-electron chi connectivity index (χ1n) is 9.77. The van der Waals surface area contributed by atoms with Crippen LogP contribution < -0.4 is 14.2 Å². The predicted octanol–water partition coefficient (Wildman–Crippen LogP) is 2.60. The Morgan fingerprint density at radius 3 is 2.60 bits per heavy atom. The summed E-state index contributed by atoms with van der Waals surface area (Å²) in [4.78, 5) is 14.8. The van der Waals surface area contributed by atoms with Crippen LogP contribution in [-0.2, 0) is 4.74 Å². The number of piperidine rings is 1. The van der Waals surface area contributed by atoms with E-state index >= 15 is 0 Å². The van der Waals surface area contributed by atoms with E-state index in [1.807, 2.05) is 4.90 Å². The van der Waals surface area contributed by atoms with Gasteiger partial charge in [0.05, 0.1) is 33.6 Å². The molecule has 2 aromatic rings. The zero-order valence-corrected chi connectivity index (χ0v) is 17.6. The summed E-state index contributed by atoms with van der Waals surface area (Å²) in [5, 5.41) is 7.18. The van der Waals surface area contributed by atoms with Crippen LogP contribution in [0.15, 0.2) is 18.2 Å². The summed E-state index contributed by atoms with van der Waals surface area (Å²) in [6.45, 7) is 2.21. The van der Waals surface area contributed by atoms with Crippen LogP contribution in [0.1, 0.15) is 23.3 Å². The molecule has 0 saturated carbocycles. The van der Waals surface area contributed by atoms with Crippen molar-refractivity contribution in [2.45, 2.75) is 12.8 Å². The number of terminal acetylenes is 1. The number of H-pyrrole nitrogens is 1. The highest BCUT2D eigenvalue weighted by molar-refractivity contribution is 5.93. The van der Waals surface area contributed by atoms with Crippen molar-refractivity contribution in [2.75, 3.05) is 47.6 Å². The molecule has 1 amide bonds. The lowest BCUT2D eigenvalue weighted by molar-refractivity contribution is 0.0529. The summed E-state index contributed by atoms with van der Waals surface area (Å²) in [6.07, 6.45) is 7.18. The fraction of sp³-hybridized carbons (Fsp3) is 0.455. The summed E-state index contributed by atoms with van der Waals surface area (Å²) < 4.78 is 21.6. The molecule has 0 spiro atoms. The third-order valence-electron chi connectivity index (χ3n) is 5.11. The van der Waals surface area contributed by atoms with Crippen molar-refractivity contribution in [3.05, 3.63) is 23.9 Å². The molecule has 8 nitrogen and oxygen atoms in total. The average Bonchev–Trinajstić information content (AvgIpc) is 3.28. The van der Waals surface area contributed by atoms with E-state index in [2.05, 4.69) is 16.1 Å². The molecule has 1 unspecified atom stereocenters. The van der Waals surface area contributed by atoms with Crippen LogP contribution in [0.4, 0.5) is 0 Å². The highest BCUT2D eigenvalue weighted by Crippen LogP contribution is 2.40. The molecule has 1 atom stereocenters. The average molecular weight is 413 g/mol. The number of carbonyl (C=O) groups is 1. The molecule has 1 aromatic carbocycles. The van der Waals surface area contributed by atoms with Gasteiger partial charge in [0.25, 0.3) is 5.91 Å². The van der Waals surface area contributed by atoms with Gasteiger partial charge in [-0.15, -0.1) is 6.42 Å². The monoisotopic (exact) mass is 413 g/mol. The summed E-state index contributed by atoms with van der Waals surface area (Å²) in [7, 11) is 4.66. The first-order valence-corrected chi connectivity index (χ1v) is 9.77. The number of carbonyl (C=O) groups excluding carboxylic acids is 1. The van der Waals surface area contributed by atoms with Gasteiger partial charge in [0, 0.05) is 24.6 Å². The minimum atomic E-state index is -0.0807. The Hall–Kier alpha value is -3.18. The topological polar surface area (TPSA) is 85.9 Å². The minimum absolute atomic E-state index is 0.0807. The predicted molar refractivity (Wildman–Crippen MR) is 112 cm³/mol. The van der Waals surface area contributed by atoms with E-state index in [-0.39, 0.29) is 11.8 Å². The molecular formula is C22H27N3O5. The number of benzene rings is 1. The lowest BCUT2D eigenvalue weighted by Crippen LogP contribution is -2.41. The molecule has 0 radical (unpaired) electrons. The maximum absolute atomic E-state index is 13.0. The van der Waals surface area contributed by atoms with E-state index in [1.165, 1.54) is 0 Å². The number of hydrogen-bond acceptors (Lipinski definition) is 6. The number of amides is 1. The number of rotatable bonds is 8. The van der Waals surface area contributed by atoms with Crippen molar-refractivity contribution >= 4 is 5.91 Å². The van der Waals surface area contributed by atoms with E-state index in [9.17, 15) is 4.79 Å². The number of ether oxygens (including phenoxy) is 4. The second-order valence-electron chi connectivity index (χ2n) is 7.06. The quantitative estimate of drug-likeness (QED) is 0.529. The van der Waals surface area contributed by atoms with Gasteiger partial charge in [0.15, 0.2) is 11.5 Å². The fourth-order valence-electron chi connectivity index (χ4n) is 3.65. The molecule has 0 aliphatic carbocycles. The summed E-state index contributed by atoms with van der Waals surface area (Å²) >= 11 is 0. The van der Waals surface area contributed by atoms with Crippen molar-refractivity contribution in [2.24, 2.45) is 5.92 Å². The third-order valence-corrected chi connectivity index (χ3v) is 5.11. The van der Waals surface area contributed by atoms with Gasteiger partial charge in [0.2, 0.25) is 5.75 Å². The van der Waals surface area contributed by atoms with E-state index < -0.39 is 0 Å². The van der Waals surface area contributed by atoms with E-state index in [4.69, 9.17) is 25.4 Å². The minimum Gasteiger partial charge on any atom is -0.493 e. The lowest BCUT2D eigenvalue weighted by atomic mass is 9.98. The van der Waals surface area contributed by atoms with Crippen LogP contribution in [0.2, 0.25) is 0 Å². The number of aromatic nitrogens is 2. The van der Waals surface area contributed by atoms with E-state index in [0.29, 0.717) is 54.9 Å². The Morgan fingerprint density at radius 2 is 1.97 bits per heavy atom. The largest absolute Gasteiger partial charge is 0.493 e. The normalized spacial score (nSPS) is 16.1. The number of likely N-dealkylation sites (tertiary alicyclic amines) is 1. The van der Waals surface area contributed by atoms with Gasteiger partial charge in [-0.1, -0.05) is 5.92 Å². The maximum Gasteiger partial charge on any atom is 0.271 e. The lowest BCUT2D eigenvalue weighted by Gasteiger charge is -2.32. The maximum atomic E-state index is 13.0. The summed E-state index contributed by atoms with van der Waals surface area (Å²) in [5.74, 6) is 4.22. The van der Waals surface area contributed by atoms with Crippen molar-refractivity contribution in [1.82, 2.24) is 15.1 Å². The molecular weight excluding hydrogens is 386 g/mol. The second kappa shape index (κ2) is 10.0. The summed E-state index contributed by atoms with van der Waals surface area (Å²) in [5.41, 5.74) is 1.80. The fourth-order valence-corrected chi connectivity index (χ4v) is 3.65. The Kier molecular flexibility index (Phi) is 7.20. The Morgan fingerprint density at radius 1 is 1.23 bits per heavy atom. The number of aromatic amines is 1. The van der Waals surface area contributed by atoms with Crippen LogP contribution in [0.5, 0.6) is 17.2 Å². The molecule has 1 aliphatic rings. The highest BCUT2D eigenvalue weighted by Gasteiger charge is 2.26. The van der Waals surface area contributed by atoms with Crippen molar-refractivity contribution in [3.63, 3.8) is 0 Å². The molecule has 1 saturated heterocycles. The number of hydrogen-bond donors (Lipinski definition) is 1. The molecule has 1 fully saturated rings. The Bertz CT molecular complexity index is 893. The Balaban J connectivity index is 1.76. The zero-order valence-electron chi connectivity index (χ0n) is 17.6. The van der Waals surface area contributed by atoms with Crippen LogP contribution >= 0.6 is 0 Å². The molecule has 1 aliphatic heterocycles. The van der Waals surface area contributed by atoms with Gasteiger partial charge in [-0.2, -0.15) is 5.10 Å². The Labute approximate surface area is 176 Å². The third kappa shape index (κ3) is 4.69. The van der Waals surface area contributed by atoms with Crippen LogP contribution in [-0.4, -0.2) is 68.6 Å². The van der Waals surface area contributed by atoms with Crippen molar-refractivity contribution < 1.29 is 23.7 Å². The standard InChI is InChI=1S/C22H27N3O5/c1-5-9-30-14-15-7-6-8-25(13-15)22(26)18-12-17(23-24-18)16-10-19(27-2)21(29-4)20(11-16)28-3/h1,10-12,15H,6-9,13-14H2,2-4H3,(H,23,24). The number of nitrogens with one attached hydrogen (secondary N) is 1. The molecule has 160 valence electrons. The van der Waals surface area contributed by atoms with Crippen molar-refractivity contribution in [1.29, 1.82) is 0 Å². The SMILES string of the molecule is C#CCOCC1CCCN(C(=O)c2cc(-c3cc(OC)c(OC)c(OC)c3)n[nH]2)C1. The smallest absolute Gasteiger partial charge is 0.271 e. The van der Waals surface area contributed by atoms with Crippen LogP contribution in [0.25, 0.3) is 11.3 Å². The summed E-state index contributed by atoms with van der Waals surface area (Å²) in [6, 6.07) is 5.33. The molecule has 3 rings (SSSR count). The second-order valence-corrected chi connectivity index (χ2v) is 7.06. The van der Waals surface area contributed by atoms with Gasteiger partial charge in [-0.05, 0) is 31.0 Å². The van der Waals surface area contributed by atoms with Gasteiger partial charge < -0.3 is 23.8 Å². The van der Waals surface area contributed by atoms with Crippen LogP contribution in [0.3, 0.4) is 0 Å². The van der Waals surface area contributed by atoms with Crippen LogP contribution in [0, 0.1) is 18.3 Å². The molecule has 1 N–H and O–H groups in total. The molecule has 8 heteroatoms. The van der Waals surface area contributed by atoms with Gasteiger partial charge in [-0.3, -0.25) is 9.89 Å². The number of methoxy groups -OCH3 is 3. The first kappa shape index (κ1) is 21.5. The van der Waals surface area contributed by atoms with E-state index in [0.717, 1.165) is 18.4 Å². The van der Waals surface area contributed by atoms with E-state index in [1.54, 1.807) is 39.5 Å². The van der Waals surface area contributed by atoms with Gasteiger partial charge >= 0.3 is 0 Å². The first-order chi connectivity index (χ1) is 14.6. The molecule has 0 bridgehead atoms.